The van der Waals surface area contributed by atoms with Gasteiger partial charge in [-0.25, -0.2) is 0 Å². The van der Waals surface area contributed by atoms with E-state index >= 15 is 0 Å². The van der Waals surface area contributed by atoms with E-state index in [0.717, 1.165) is 0 Å². The van der Waals surface area contributed by atoms with Gasteiger partial charge in [-0.1, -0.05) is 91.0 Å². The number of halogens is 6. The molecule has 227 valence electrons. The topological polar surface area (TPSA) is 37.0 Å². The third-order valence-corrected chi connectivity index (χ3v) is 8.63. The fourth-order valence-electron chi connectivity index (χ4n) is 2.50. The minimum atomic E-state index is -11.2. The van der Waals surface area contributed by atoms with E-state index in [9.17, 15) is 21.1 Å². The van der Waals surface area contributed by atoms with Crippen LogP contribution in [0.5, 0.6) is 0 Å². The van der Waals surface area contributed by atoms with Crippen LogP contribution in [0.4, 0.5) is 16.9 Å². The Labute approximate surface area is 259 Å². The summed E-state index contributed by atoms with van der Waals surface area (Å²) in [5.41, 5.74) is 0. The van der Waals surface area contributed by atoms with Crippen LogP contribution < -0.4 is 15.9 Å². The van der Waals surface area contributed by atoms with E-state index in [1.165, 1.54) is 15.9 Å². The molecule has 0 aromatic heterocycles. The molecule has 0 aliphatic heterocycles. The second-order valence-electron chi connectivity index (χ2n) is 8.83. The Balaban J connectivity index is 0. The molecule has 0 heterocycles. The average molecular weight is 812 g/mol. The minimum absolute atomic E-state index is 0. The van der Waals surface area contributed by atoms with Crippen LogP contribution in [0.15, 0.2) is 91.0 Å². The molecular formula is C29H32F6O2PRuSSb-. The zero-order valence-electron chi connectivity index (χ0n) is 22.8. The van der Waals surface area contributed by atoms with Crippen molar-refractivity contribution >= 4 is 54.1 Å². The summed E-state index contributed by atoms with van der Waals surface area (Å²) in [5.74, 6) is 0. The molecule has 0 saturated heterocycles. The van der Waals surface area contributed by atoms with Gasteiger partial charge in [0.05, 0.1) is 0 Å². The molecule has 2 nitrogen and oxygen atoms in total. The molecule has 0 bridgehead atoms. The summed E-state index contributed by atoms with van der Waals surface area (Å²) in [4.78, 5) is 0. The third kappa shape index (κ3) is 25.2. The number of benzene rings is 3. The van der Waals surface area contributed by atoms with Gasteiger partial charge in [-0.15, -0.1) is 0 Å². The molecule has 0 amide bonds. The fraction of sp³-hybridized carbons (Fsp3) is 0.172. The van der Waals surface area contributed by atoms with Crippen LogP contribution in [0.25, 0.3) is 0 Å². The van der Waals surface area contributed by atoms with Gasteiger partial charge in [0.1, 0.15) is 0 Å². The maximum atomic E-state index is 10.6. The van der Waals surface area contributed by atoms with Gasteiger partial charge in [-0.05, 0) is 76.7 Å². The smallest absolute Gasteiger partial charge is 0 e. The van der Waals surface area contributed by atoms with Gasteiger partial charge >= 0.3 is 47.7 Å². The molecule has 3 aromatic carbocycles. The predicted octanol–water partition coefficient (Wildman–Crippen LogP) is 7.73. The van der Waals surface area contributed by atoms with Crippen molar-refractivity contribution in [2.24, 2.45) is 0 Å². The zero-order valence-corrected chi connectivity index (χ0v) is 28.8. The first kappa shape index (κ1) is 42.1. The first-order chi connectivity index (χ1) is 18.3. The maximum Gasteiger partial charge on any atom is 0 e. The molecule has 1 fully saturated rings. The van der Waals surface area contributed by atoms with Crippen molar-refractivity contribution in [3.63, 3.8) is 0 Å². The first-order valence-corrected chi connectivity index (χ1v) is 20.3. The van der Waals surface area contributed by atoms with Crippen LogP contribution in [-0.4, -0.2) is 34.7 Å². The van der Waals surface area contributed by atoms with E-state index in [1.807, 2.05) is 52.9 Å². The monoisotopic (exact) mass is 812 g/mol. The van der Waals surface area contributed by atoms with Gasteiger partial charge in [-0.3, -0.25) is 4.21 Å². The standard InChI is InChI=1S/C18H15P.C5H12OS.C5H5.CO.6FH.Ru.Sb/c1-4-10-16(11-5-1)19(17-12-6-2-7-13-17)18-14-8-3-9-15-18;1-5(2,3)7(4)6;1-2-4-5-3-1;1-2;;;;;;;;/h1-15H;1-4H3;1-5H;;6*1H;;/q;;;;;;;;;;;+5/p-6. The summed E-state index contributed by atoms with van der Waals surface area (Å²) >= 11 is -11.2. The largest absolute Gasteiger partial charge is 0.0622 e. The Morgan fingerprint density at radius 1 is 0.610 bits per heavy atom. The summed E-state index contributed by atoms with van der Waals surface area (Å²) < 4.78 is 77.6. The number of rotatable bonds is 3. The molecule has 1 atom stereocenters. The fourth-order valence-corrected chi connectivity index (χ4v) is 4.80. The Hall–Kier alpha value is -0.998. The van der Waals surface area contributed by atoms with Crippen molar-refractivity contribution in [1.82, 2.24) is 0 Å². The molecular weight excluding hydrogens is 780 g/mol. The summed E-state index contributed by atoms with van der Waals surface area (Å²) in [6.07, 6.45) is 11.7. The normalized spacial score (nSPS) is 14.7. The van der Waals surface area contributed by atoms with Crippen LogP contribution in [0.1, 0.15) is 20.8 Å². The molecule has 1 unspecified atom stereocenters. The Morgan fingerprint density at radius 2 is 0.780 bits per heavy atom. The van der Waals surface area contributed by atoms with Crippen molar-refractivity contribution in [3.8, 4) is 0 Å². The van der Waals surface area contributed by atoms with Crippen molar-refractivity contribution in [1.29, 1.82) is 0 Å². The molecule has 12 heteroatoms. The summed E-state index contributed by atoms with van der Waals surface area (Å²) in [6, 6.07) is 32.3. The molecule has 5 radical (unpaired) electrons. The van der Waals surface area contributed by atoms with E-state index in [4.69, 9.17) is 4.65 Å². The van der Waals surface area contributed by atoms with E-state index in [1.54, 1.807) is 6.26 Å². The van der Waals surface area contributed by atoms with E-state index in [-0.39, 0.29) is 24.2 Å². The third-order valence-electron chi connectivity index (χ3n) is 4.46. The molecule has 3 aromatic rings. The molecule has 0 N–H and O–H groups in total. The SMILES string of the molecule is CS(=O)C(C)(C)C.[C-]#[O+].[CH]1[CH][CH][CH][CH]1.[F][Sb-]([F])([F])([F])([F])[F].[Ru].c1ccc(P(c2ccccc2)c2ccccc2)cc1. The Bertz CT molecular complexity index is 1030. The van der Waals surface area contributed by atoms with Gasteiger partial charge in [0.15, 0.2) is 0 Å². The van der Waals surface area contributed by atoms with E-state index < -0.39 is 38.2 Å². The Morgan fingerprint density at radius 3 is 0.927 bits per heavy atom. The van der Waals surface area contributed by atoms with Crippen LogP contribution in [0.2, 0.25) is 0 Å². The van der Waals surface area contributed by atoms with Gasteiger partial charge in [0.2, 0.25) is 0 Å². The zero-order chi connectivity index (χ0) is 30.9. The van der Waals surface area contributed by atoms with Crippen molar-refractivity contribution in [3.05, 3.63) is 130 Å². The van der Waals surface area contributed by atoms with Crippen molar-refractivity contribution < 1.29 is 45.2 Å². The molecule has 4 rings (SSSR count). The van der Waals surface area contributed by atoms with Gasteiger partial charge in [-0.2, -0.15) is 0 Å². The molecule has 1 aliphatic rings. The summed E-state index contributed by atoms with van der Waals surface area (Å²) in [6.45, 7) is 10.4. The van der Waals surface area contributed by atoms with Crippen LogP contribution in [0.3, 0.4) is 0 Å². The Kier molecular flexibility index (Phi) is 19.1. The first-order valence-electron chi connectivity index (χ1n) is 11.6. The van der Waals surface area contributed by atoms with E-state index in [2.05, 4.69) is 97.6 Å². The van der Waals surface area contributed by atoms with Crippen LogP contribution >= 0.6 is 7.92 Å². The summed E-state index contributed by atoms with van der Waals surface area (Å²) in [7, 11) is -1.13. The number of hydrogen-bond acceptors (Lipinski definition) is 1. The average Bonchev–Trinajstić information content (AvgIpc) is 3.46. The molecule has 1 aliphatic carbocycles. The second-order valence-corrected chi connectivity index (χ2v) is 18.7. The van der Waals surface area contributed by atoms with Gasteiger partial charge in [0.25, 0.3) is 0 Å². The van der Waals surface area contributed by atoms with Gasteiger partial charge < -0.3 is 0 Å². The molecule has 1 saturated carbocycles. The quantitative estimate of drug-likeness (QED) is 0.0878. The van der Waals surface area contributed by atoms with E-state index in [0.29, 0.717) is 0 Å². The second kappa shape index (κ2) is 18.6. The molecule has 0 spiro atoms. The van der Waals surface area contributed by atoms with Gasteiger partial charge in [0, 0.05) is 41.3 Å². The van der Waals surface area contributed by atoms with Crippen LogP contribution in [0, 0.1) is 38.8 Å². The van der Waals surface area contributed by atoms with Crippen molar-refractivity contribution in [2.45, 2.75) is 25.5 Å². The summed E-state index contributed by atoms with van der Waals surface area (Å²) in [5, 5.41) is 4.19. The maximum absolute atomic E-state index is 11.2. The minimum Gasteiger partial charge on any atom is -0.0622 e. The van der Waals surface area contributed by atoms with Crippen molar-refractivity contribution in [2.75, 3.05) is 6.26 Å². The number of hydrogen-bond donors (Lipinski definition) is 0. The predicted molar refractivity (Wildman–Crippen MR) is 157 cm³/mol. The van der Waals surface area contributed by atoms with Crippen LogP contribution in [-0.2, 0) is 34.9 Å². The molecule has 41 heavy (non-hydrogen) atoms.